The summed E-state index contributed by atoms with van der Waals surface area (Å²) in [7, 11) is 0. The van der Waals surface area contributed by atoms with E-state index in [1.807, 2.05) is 0 Å². The zero-order valence-corrected chi connectivity index (χ0v) is 16.5. The number of alkyl halides is 1. The molecule has 132 valence electrons. The number of rotatable bonds is 16. The van der Waals surface area contributed by atoms with Gasteiger partial charge in [0.15, 0.2) is 0 Å². The van der Waals surface area contributed by atoms with Crippen molar-refractivity contribution in [1.29, 1.82) is 0 Å². The van der Waals surface area contributed by atoms with Gasteiger partial charge in [0.25, 0.3) is 0 Å². The predicted molar refractivity (Wildman–Crippen MR) is 99.6 cm³/mol. The average Bonchev–Trinajstić information content (AvgIpc) is 2.48. The summed E-state index contributed by atoms with van der Waals surface area (Å²) < 4.78 is 5.27. The summed E-state index contributed by atoms with van der Waals surface area (Å²) >= 11 is 3.43. The zero-order chi connectivity index (χ0) is 16.5. The minimum absolute atomic E-state index is 0.000246. The molecule has 0 aromatic rings. The molecule has 0 fully saturated rings. The molecule has 0 bridgehead atoms. The first-order valence-corrected chi connectivity index (χ1v) is 10.5. The molecule has 2 nitrogen and oxygen atoms in total. The van der Waals surface area contributed by atoms with Gasteiger partial charge in [0.2, 0.25) is 0 Å². The number of carbonyl (C=O) groups is 1. The summed E-state index contributed by atoms with van der Waals surface area (Å²) in [6, 6.07) is 0. The second-order valence-corrected chi connectivity index (χ2v) is 7.52. The highest BCUT2D eigenvalue weighted by molar-refractivity contribution is 9.09. The number of ether oxygens (including phenoxy) is 1. The SMILES string of the molecule is CC(C)CCCCCCCCC(=O)OCCCCCCCBr. The topological polar surface area (TPSA) is 26.3 Å². The molecule has 0 N–H and O–H groups in total. The van der Waals surface area contributed by atoms with Crippen molar-refractivity contribution in [2.24, 2.45) is 5.92 Å². The van der Waals surface area contributed by atoms with Gasteiger partial charge >= 0.3 is 5.97 Å². The van der Waals surface area contributed by atoms with Crippen molar-refractivity contribution in [2.45, 2.75) is 97.3 Å². The van der Waals surface area contributed by atoms with Gasteiger partial charge in [0.05, 0.1) is 6.61 Å². The molecule has 22 heavy (non-hydrogen) atoms. The van der Waals surface area contributed by atoms with Crippen LogP contribution < -0.4 is 0 Å². The lowest BCUT2D eigenvalue weighted by Gasteiger charge is -2.06. The zero-order valence-electron chi connectivity index (χ0n) is 14.9. The maximum atomic E-state index is 11.6. The molecule has 3 heteroatoms. The Morgan fingerprint density at radius 2 is 1.36 bits per heavy atom. The fraction of sp³-hybridized carbons (Fsp3) is 0.947. The Kier molecular flexibility index (Phi) is 17.3. The molecule has 0 aliphatic heterocycles. The maximum Gasteiger partial charge on any atom is 0.305 e. The third kappa shape index (κ3) is 18.0. The highest BCUT2D eigenvalue weighted by Gasteiger charge is 2.02. The van der Waals surface area contributed by atoms with Gasteiger partial charge < -0.3 is 4.74 Å². The molecule has 0 radical (unpaired) electrons. The third-order valence-electron chi connectivity index (χ3n) is 3.95. The van der Waals surface area contributed by atoms with Gasteiger partial charge in [-0.1, -0.05) is 87.6 Å². The molecular weight excluding hydrogens is 340 g/mol. The molecule has 0 aliphatic carbocycles. The summed E-state index contributed by atoms with van der Waals surface area (Å²) in [5.41, 5.74) is 0. The first-order chi connectivity index (χ1) is 10.7. The Balaban J connectivity index is 3.16. The Hall–Kier alpha value is -0.0500. The van der Waals surface area contributed by atoms with Crippen LogP contribution in [0.1, 0.15) is 97.3 Å². The highest BCUT2D eigenvalue weighted by atomic mass is 79.9. The lowest BCUT2D eigenvalue weighted by atomic mass is 10.0. The minimum Gasteiger partial charge on any atom is -0.466 e. The molecule has 0 heterocycles. The van der Waals surface area contributed by atoms with Crippen LogP contribution in [0.15, 0.2) is 0 Å². The lowest BCUT2D eigenvalue weighted by Crippen LogP contribution is -2.05. The quantitative estimate of drug-likeness (QED) is 0.171. The lowest BCUT2D eigenvalue weighted by molar-refractivity contribution is -0.143. The molecule has 0 amide bonds. The van der Waals surface area contributed by atoms with E-state index in [2.05, 4.69) is 29.8 Å². The average molecular weight is 377 g/mol. The predicted octanol–water partition coefficient (Wildman–Crippen LogP) is 6.65. The van der Waals surface area contributed by atoms with Crippen molar-refractivity contribution in [3.63, 3.8) is 0 Å². The van der Waals surface area contributed by atoms with E-state index in [0.717, 1.165) is 24.1 Å². The van der Waals surface area contributed by atoms with Crippen LogP contribution in [0, 0.1) is 5.92 Å². The van der Waals surface area contributed by atoms with E-state index in [4.69, 9.17) is 4.74 Å². The van der Waals surface area contributed by atoms with Crippen molar-refractivity contribution in [1.82, 2.24) is 0 Å². The number of hydrogen-bond acceptors (Lipinski definition) is 2. The molecule has 0 saturated heterocycles. The van der Waals surface area contributed by atoms with E-state index in [9.17, 15) is 4.79 Å². The molecular formula is C19H37BrO2. The molecule has 0 aliphatic rings. The van der Waals surface area contributed by atoms with E-state index >= 15 is 0 Å². The molecule has 0 spiro atoms. The van der Waals surface area contributed by atoms with Crippen molar-refractivity contribution < 1.29 is 9.53 Å². The monoisotopic (exact) mass is 376 g/mol. The molecule has 0 aromatic carbocycles. The largest absolute Gasteiger partial charge is 0.466 e. The van der Waals surface area contributed by atoms with E-state index in [1.165, 1.54) is 64.2 Å². The molecule has 0 atom stereocenters. The Labute approximate surface area is 146 Å². The van der Waals surface area contributed by atoms with Crippen molar-refractivity contribution >= 4 is 21.9 Å². The van der Waals surface area contributed by atoms with Crippen LogP contribution in [-0.4, -0.2) is 17.9 Å². The third-order valence-corrected chi connectivity index (χ3v) is 4.51. The van der Waals surface area contributed by atoms with Gasteiger partial charge in [-0.25, -0.2) is 0 Å². The summed E-state index contributed by atoms with van der Waals surface area (Å²) in [5.74, 6) is 0.833. The van der Waals surface area contributed by atoms with Crippen LogP contribution in [0.4, 0.5) is 0 Å². The van der Waals surface area contributed by atoms with Gasteiger partial charge in [-0.3, -0.25) is 4.79 Å². The number of hydrogen-bond donors (Lipinski definition) is 0. The fourth-order valence-electron chi connectivity index (χ4n) is 2.51. The normalized spacial score (nSPS) is 11.1. The number of esters is 1. The van der Waals surface area contributed by atoms with Crippen molar-refractivity contribution in [3.8, 4) is 0 Å². The van der Waals surface area contributed by atoms with E-state index < -0.39 is 0 Å². The summed E-state index contributed by atoms with van der Waals surface area (Å²) in [4.78, 5) is 11.6. The number of carbonyl (C=O) groups excluding carboxylic acids is 1. The molecule has 0 rings (SSSR count). The highest BCUT2D eigenvalue weighted by Crippen LogP contribution is 2.12. The van der Waals surface area contributed by atoms with Gasteiger partial charge in [-0.05, 0) is 25.2 Å². The number of halogens is 1. The summed E-state index contributed by atoms with van der Waals surface area (Å²) in [6.07, 6.45) is 15.4. The molecule has 0 aromatic heterocycles. The van der Waals surface area contributed by atoms with E-state index in [0.29, 0.717) is 13.0 Å². The van der Waals surface area contributed by atoms with E-state index in [-0.39, 0.29) is 5.97 Å². The Morgan fingerprint density at radius 1 is 0.818 bits per heavy atom. The number of unbranched alkanes of at least 4 members (excludes halogenated alkanes) is 9. The Morgan fingerprint density at radius 3 is 2.00 bits per heavy atom. The van der Waals surface area contributed by atoms with Crippen LogP contribution in [0.2, 0.25) is 0 Å². The van der Waals surface area contributed by atoms with Gasteiger partial charge in [-0.15, -0.1) is 0 Å². The molecule has 0 saturated carbocycles. The van der Waals surface area contributed by atoms with Gasteiger partial charge in [-0.2, -0.15) is 0 Å². The van der Waals surface area contributed by atoms with Crippen LogP contribution in [-0.2, 0) is 9.53 Å². The van der Waals surface area contributed by atoms with Crippen LogP contribution in [0.5, 0.6) is 0 Å². The first kappa shape index (κ1) is 21.9. The smallest absolute Gasteiger partial charge is 0.305 e. The van der Waals surface area contributed by atoms with Crippen molar-refractivity contribution in [2.75, 3.05) is 11.9 Å². The maximum absolute atomic E-state index is 11.6. The van der Waals surface area contributed by atoms with Gasteiger partial charge in [0.1, 0.15) is 0 Å². The van der Waals surface area contributed by atoms with Crippen LogP contribution in [0.25, 0.3) is 0 Å². The summed E-state index contributed by atoms with van der Waals surface area (Å²) in [5, 5.41) is 1.10. The second-order valence-electron chi connectivity index (χ2n) is 6.73. The minimum atomic E-state index is 0.000246. The van der Waals surface area contributed by atoms with Crippen molar-refractivity contribution in [3.05, 3.63) is 0 Å². The Bertz CT molecular complexity index is 242. The van der Waals surface area contributed by atoms with Crippen LogP contribution in [0.3, 0.4) is 0 Å². The van der Waals surface area contributed by atoms with Crippen LogP contribution >= 0.6 is 15.9 Å². The standard InChI is InChI=1S/C19H37BrO2/c1-18(2)14-10-6-3-4-7-11-15-19(21)22-17-13-9-5-8-12-16-20/h18H,3-17H2,1-2H3. The molecule has 0 unspecified atom stereocenters. The van der Waals surface area contributed by atoms with E-state index in [1.54, 1.807) is 0 Å². The summed E-state index contributed by atoms with van der Waals surface area (Å²) in [6.45, 7) is 5.19. The van der Waals surface area contributed by atoms with Gasteiger partial charge in [0, 0.05) is 11.8 Å². The first-order valence-electron chi connectivity index (χ1n) is 9.38. The second kappa shape index (κ2) is 17.3. The fourth-order valence-corrected chi connectivity index (χ4v) is 2.91.